The predicted octanol–water partition coefficient (Wildman–Crippen LogP) is 1.86. The van der Waals surface area contributed by atoms with E-state index in [1.165, 1.54) is 0 Å². The molecule has 3 heterocycles. The van der Waals surface area contributed by atoms with E-state index in [4.69, 9.17) is 0 Å². The Kier molecular flexibility index (Phi) is 5.70. The summed E-state index contributed by atoms with van der Waals surface area (Å²) < 4.78 is 2.57. The minimum atomic E-state index is -0.246. The minimum Gasteiger partial charge on any atom is -0.355 e. The first-order chi connectivity index (χ1) is 14.1. The lowest BCUT2D eigenvalue weighted by molar-refractivity contribution is -0.127. The number of fused-ring (bicyclic) bond motifs is 1. The van der Waals surface area contributed by atoms with Crippen LogP contribution < -0.4 is 15.5 Å². The number of nitrogens with one attached hydrogen (secondary N) is 2. The highest BCUT2D eigenvalue weighted by atomic mass is 79.9. The molecule has 0 bridgehead atoms. The van der Waals surface area contributed by atoms with Gasteiger partial charge in [-0.25, -0.2) is 0 Å². The number of amides is 2. The van der Waals surface area contributed by atoms with Crippen molar-refractivity contribution in [2.24, 2.45) is 5.92 Å². The van der Waals surface area contributed by atoms with Crippen LogP contribution in [0.4, 0.5) is 11.5 Å². The molecule has 0 aliphatic carbocycles. The van der Waals surface area contributed by atoms with E-state index in [0.29, 0.717) is 24.2 Å². The van der Waals surface area contributed by atoms with Crippen LogP contribution in [-0.4, -0.2) is 51.3 Å². The van der Waals surface area contributed by atoms with Crippen LogP contribution in [0.25, 0.3) is 5.65 Å². The summed E-state index contributed by atoms with van der Waals surface area (Å²) >= 11 is 3.35. The zero-order valence-electron chi connectivity index (χ0n) is 15.6. The summed E-state index contributed by atoms with van der Waals surface area (Å²) in [4.78, 5) is 26.6. The van der Waals surface area contributed by atoms with Crippen LogP contribution in [0, 0.1) is 5.92 Å². The van der Waals surface area contributed by atoms with Crippen LogP contribution in [0.5, 0.6) is 0 Å². The van der Waals surface area contributed by atoms with Crippen molar-refractivity contribution in [1.29, 1.82) is 0 Å². The van der Waals surface area contributed by atoms with Gasteiger partial charge in [0.05, 0.1) is 6.54 Å². The summed E-state index contributed by atoms with van der Waals surface area (Å²) in [5.74, 6) is 0.401. The average molecular weight is 458 g/mol. The highest BCUT2D eigenvalue weighted by Gasteiger charge is 2.26. The topological polar surface area (TPSA) is 105 Å². The molecule has 29 heavy (non-hydrogen) atoms. The second-order valence-electron chi connectivity index (χ2n) is 6.86. The van der Waals surface area contributed by atoms with Crippen LogP contribution in [0.3, 0.4) is 0 Å². The van der Waals surface area contributed by atoms with E-state index in [2.05, 4.69) is 46.8 Å². The summed E-state index contributed by atoms with van der Waals surface area (Å²) in [6, 6.07) is 11.1. The average Bonchev–Trinajstić information content (AvgIpc) is 3.22. The first-order valence-corrected chi connectivity index (χ1v) is 10.1. The summed E-state index contributed by atoms with van der Waals surface area (Å²) in [5.41, 5.74) is 1.39. The number of hydrogen-bond donors (Lipinski definition) is 2. The van der Waals surface area contributed by atoms with Gasteiger partial charge in [0.25, 0.3) is 0 Å². The minimum absolute atomic E-state index is 0.0407. The van der Waals surface area contributed by atoms with Gasteiger partial charge in [0.15, 0.2) is 5.65 Å². The SMILES string of the molecule is O=C(CNC(=O)C1CCN(c2ccc3nncn3n2)CC1)Nc1ccc(Br)cc1. The van der Waals surface area contributed by atoms with Crippen molar-refractivity contribution in [2.45, 2.75) is 12.8 Å². The number of anilines is 2. The molecule has 1 aliphatic rings. The molecule has 3 aromatic rings. The van der Waals surface area contributed by atoms with Crippen molar-refractivity contribution < 1.29 is 9.59 Å². The molecule has 9 nitrogen and oxygen atoms in total. The van der Waals surface area contributed by atoms with Crippen molar-refractivity contribution in [2.75, 3.05) is 29.9 Å². The number of halogens is 1. The number of aromatic nitrogens is 4. The largest absolute Gasteiger partial charge is 0.355 e. The van der Waals surface area contributed by atoms with E-state index in [-0.39, 0.29) is 24.3 Å². The summed E-state index contributed by atoms with van der Waals surface area (Å²) in [5, 5.41) is 17.8. The third-order valence-electron chi connectivity index (χ3n) is 4.89. The molecule has 0 unspecified atom stereocenters. The first kappa shape index (κ1) is 19.3. The van der Waals surface area contributed by atoms with Gasteiger partial charge < -0.3 is 15.5 Å². The van der Waals surface area contributed by atoms with Gasteiger partial charge >= 0.3 is 0 Å². The Balaban J connectivity index is 1.24. The van der Waals surface area contributed by atoms with E-state index in [1.54, 1.807) is 23.0 Å². The maximum atomic E-state index is 12.4. The Hall–Kier alpha value is -3.01. The molecule has 1 saturated heterocycles. The van der Waals surface area contributed by atoms with Gasteiger partial charge in [-0.2, -0.15) is 4.52 Å². The summed E-state index contributed by atoms with van der Waals surface area (Å²) in [6.45, 7) is 1.41. The predicted molar refractivity (Wildman–Crippen MR) is 112 cm³/mol. The molecule has 2 aromatic heterocycles. The van der Waals surface area contributed by atoms with E-state index in [0.717, 1.165) is 23.4 Å². The molecule has 0 spiro atoms. The number of hydrogen-bond acceptors (Lipinski definition) is 6. The monoisotopic (exact) mass is 457 g/mol. The fourth-order valence-electron chi connectivity index (χ4n) is 3.31. The second-order valence-corrected chi connectivity index (χ2v) is 7.78. The summed E-state index contributed by atoms with van der Waals surface area (Å²) in [6.07, 6.45) is 2.99. The number of rotatable bonds is 5. The lowest BCUT2D eigenvalue weighted by atomic mass is 9.96. The molecule has 0 saturated carbocycles. The number of nitrogens with zero attached hydrogens (tertiary/aromatic N) is 5. The lowest BCUT2D eigenvalue weighted by Crippen LogP contribution is -2.42. The molecule has 4 rings (SSSR count). The maximum absolute atomic E-state index is 12.4. The Labute approximate surface area is 175 Å². The molecular formula is C19H20BrN7O2. The standard InChI is InChI=1S/C19H20BrN7O2/c20-14-1-3-15(4-2-14)23-18(28)11-21-19(29)13-7-9-26(10-8-13)17-6-5-16-24-22-12-27(16)25-17/h1-6,12-13H,7-11H2,(H,21,29)(H,23,28). The summed E-state index contributed by atoms with van der Waals surface area (Å²) in [7, 11) is 0. The van der Waals surface area contributed by atoms with Gasteiger partial charge in [-0.15, -0.1) is 15.3 Å². The zero-order valence-corrected chi connectivity index (χ0v) is 17.2. The van der Waals surface area contributed by atoms with Crippen molar-refractivity contribution in [3.8, 4) is 0 Å². The van der Waals surface area contributed by atoms with Gasteiger partial charge in [-0.05, 0) is 49.2 Å². The van der Waals surface area contributed by atoms with Crippen LogP contribution >= 0.6 is 15.9 Å². The fourth-order valence-corrected chi connectivity index (χ4v) is 3.57. The number of piperidine rings is 1. The van der Waals surface area contributed by atoms with Crippen LogP contribution in [-0.2, 0) is 9.59 Å². The van der Waals surface area contributed by atoms with Crippen LogP contribution in [0.2, 0.25) is 0 Å². The fraction of sp³-hybridized carbons (Fsp3) is 0.316. The quantitative estimate of drug-likeness (QED) is 0.605. The second kappa shape index (κ2) is 8.56. The Morgan fingerprint density at radius 2 is 1.86 bits per heavy atom. The van der Waals surface area contributed by atoms with Crippen molar-refractivity contribution in [3.63, 3.8) is 0 Å². The molecule has 2 amide bonds. The Morgan fingerprint density at radius 1 is 1.10 bits per heavy atom. The number of carbonyl (C=O) groups excluding carboxylic acids is 2. The molecule has 1 aromatic carbocycles. The van der Waals surface area contributed by atoms with Crippen molar-refractivity contribution in [3.05, 3.63) is 47.2 Å². The highest BCUT2D eigenvalue weighted by molar-refractivity contribution is 9.10. The van der Waals surface area contributed by atoms with E-state index >= 15 is 0 Å². The molecule has 1 aliphatic heterocycles. The number of carbonyl (C=O) groups is 2. The maximum Gasteiger partial charge on any atom is 0.243 e. The van der Waals surface area contributed by atoms with Gasteiger partial charge in [0, 0.05) is 29.2 Å². The molecule has 2 N–H and O–H groups in total. The molecular weight excluding hydrogens is 438 g/mol. The van der Waals surface area contributed by atoms with Gasteiger partial charge in [-0.1, -0.05) is 15.9 Å². The molecule has 1 fully saturated rings. The zero-order chi connectivity index (χ0) is 20.2. The van der Waals surface area contributed by atoms with Crippen molar-refractivity contribution >= 4 is 44.9 Å². The van der Waals surface area contributed by atoms with Crippen molar-refractivity contribution in [1.82, 2.24) is 25.1 Å². The molecule has 0 radical (unpaired) electrons. The number of benzene rings is 1. The van der Waals surface area contributed by atoms with E-state index < -0.39 is 0 Å². The lowest BCUT2D eigenvalue weighted by Gasteiger charge is -2.31. The van der Waals surface area contributed by atoms with Gasteiger partial charge in [0.1, 0.15) is 12.1 Å². The third kappa shape index (κ3) is 4.70. The highest BCUT2D eigenvalue weighted by Crippen LogP contribution is 2.22. The Morgan fingerprint density at radius 3 is 2.62 bits per heavy atom. The normalized spacial score (nSPS) is 14.7. The van der Waals surface area contributed by atoms with Crippen LogP contribution in [0.15, 0.2) is 47.2 Å². The molecule has 10 heteroatoms. The van der Waals surface area contributed by atoms with E-state index in [9.17, 15) is 9.59 Å². The van der Waals surface area contributed by atoms with Crippen LogP contribution in [0.1, 0.15) is 12.8 Å². The smallest absolute Gasteiger partial charge is 0.243 e. The third-order valence-corrected chi connectivity index (χ3v) is 5.42. The first-order valence-electron chi connectivity index (χ1n) is 9.33. The van der Waals surface area contributed by atoms with Gasteiger partial charge in [0.2, 0.25) is 11.8 Å². The molecule has 0 atom stereocenters. The van der Waals surface area contributed by atoms with E-state index in [1.807, 2.05) is 24.3 Å². The van der Waals surface area contributed by atoms with Gasteiger partial charge in [-0.3, -0.25) is 9.59 Å². The Bertz CT molecular complexity index is 1010. The molecule has 150 valence electrons.